The normalized spacial score (nSPS) is 13.1. The smallest absolute Gasteiger partial charge is 0.221 e. The van der Waals surface area contributed by atoms with Gasteiger partial charge in [0.1, 0.15) is 0 Å². The van der Waals surface area contributed by atoms with Crippen molar-refractivity contribution in [3.63, 3.8) is 0 Å². The first-order chi connectivity index (χ1) is 9.65. The van der Waals surface area contributed by atoms with E-state index in [1.54, 1.807) is 6.20 Å². The number of carbonyl (C=O) groups is 1. The number of nitrogens with two attached hydrogens (primary N) is 1. The highest BCUT2D eigenvalue weighted by molar-refractivity contribution is 5.95. The van der Waals surface area contributed by atoms with Crippen LogP contribution < -0.4 is 11.1 Å². The van der Waals surface area contributed by atoms with E-state index in [2.05, 4.69) is 21.4 Å². The van der Waals surface area contributed by atoms with Crippen molar-refractivity contribution in [2.45, 2.75) is 26.2 Å². The molecule has 102 valence electrons. The number of aryl methyl sites for hydroxylation is 2. The van der Waals surface area contributed by atoms with Gasteiger partial charge < -0.3 is 11.1 Å². The molecule has 1 aromatic carbocycles. The number of benzene rings is 1. The molecule has 1 amide bonds. The Balaban J connectivity index is 2.25. The molecule has 0 spiro atoms. The third-order valence-electron chi connectivity index (χ3n) is 3.47. The average molecular weight is 268 g/mol. The summed E-state index contributed by atoms with van der Waals surface area (Å²) in [5.41, 5.74) is 10.6. The highest BCUT2D eigenvalue weighted by atomic mass is 16.1. The Labute approximate surface area is 117 Å². The lowest BCUT2D eigenvalue weighted by atomic mass is 10.00. The highest BCUT2D eigenvalue weighted by Crippen LogP contribution is 2.36. The van der Waals surface area contributed by atoms with Crippen molar-refractivity contribution < 1.29 is 4.79 Å². The van der Waals surface area contributed by atoms with Gasteiger partial charge in [-0.1, -0.05) is 12.1 Å². The van der Waals surface area contributed by atoms with Crippen molar-refractivity contribution in [1.82, 2.24) is 9.97 Å². The van der Waals surface area contributed by atoms with Crippen LogP contribution in [-0.2, 0) is 17.6 Å². The summed E-state index contributed by atoms with van der Waals surface area (Å²) in [5, 5.41) is 2.88. The molecule has 0 saturated carbocycles. The topological polar surface area (TPSA) is 80.9 Å². The molecule has 0 unspecified atom stereocenters. The second-order valence-electron chi connectivity index (χ2n) is 4.98. The van der Waals surface area contributed by atoms with Gasteiger partial charge in [0, 0.05) is 18.7 Å². The summed E-state index contributed by atoms with van der Waals surface area (Å²) in [7, 11) is 0. The zero-order valence-corrected chi connectivity index (χ0v) is 11.3. The van der Waals surface area contributed by atoms with Gasteiger partial charge in [0.25, 0.3) is 0 Å². The molecule has 3 rings (SSSR count). The molecule has 3 N–H and O–H groups in total. The van der Waals surface area contributed by atoms with Gasteiger partial charge in [0.05, 0.1) is 11.4 Å². The molecule has 0 saturated heterocycles. The number of nitrogens with one attached hydrogen (secondary N) is 1. The molecular weight excluding hydrogens is 252 g/mol. The molecule has 1 aliphatic rings. The van der Waals surface area contributed by atoms with Crippen LogP contribution in [0.15, 0.2) is 24.4 Å². The van der Waals surface area contributed by atoms with Gasteiger partial charge in [-0.15, -0.1) is 0 Å². The van der Waals surface area contributed by atoms with Gasteiger partial charge in [-0.3, -0.25) is 4.79 Å². The lowest BCUT2D eigenvalue weighted by Gasteiger charge is -2.14. The summed E-state index contributed by atoms with van der Waals surface area (Å²) in [6.07, 6.45) is 4.71. The molecule has 1 aromatic heterocycles. The summed E-state index contributed by atoms with van der Waals surface area (Å²) in [4.78, 5) is 19.9. The predicted molar refractivity (Wildman–Crippen MR) is 78.2 cm³/mol. The van der Waals surface area contributed by atoms with Crippen LogP contribution >= 0.6 is 0 Å². The Kier molecular flexibility index (Phi) is 3.10. The Morgan fingerprint density at radius 2 is 2.10 bits per heavy atom. The largest absolute Gasteiger partial charge is 0.368 e. The number of hydrogen-bond donors (Lipinski definition) is 2. The maximum Gasteiger partial charge on any atom is 0.221 e. The molecule has 0 aliphatic heterocycles. The Hall–Kier alpha value is -2.43. The first-order valence-electron chi connectivity index (χ1n) is 6.66. The zero-order valence-electron chi connectivity index (χ0n) is 11.3. The minimum atomic E-state index is -0.0915. The standard InChI is InChI=1S/C15H16N4O/c1-9(20)18-12-7-3-5-10-4-2-6-11-8-17-15(16)19-14(11)13(10)12/h3,5,7-8H,2,4,6H2,1H3,(H,18,20)(H2,16,17,19). The number of aromatic nitrogens is 2. The summed E-state index contributed by atoms with van der Waals surface area (Å²) in [6, 6.07) is 5.93. The van der Waals surface area contributed by atoms with Crippen LogP contribution in [0, 0.1) is 0 Å². The molecule has 0 atom stereocenters. The molecule has 0 radical (unpaired) electrons. The number of rotatable bonds is 1. The maximum absolute atomic E-state index is 11.4. The van der Waals surface area contributed by atoms with Crippen molar-refractivity contribution in [2.75, 3.05) is 11.1 Å². The van der Waals surface area contributed by atoms with Crippen molar-refractivity contribution in [1.29, 1.82) is 0 Å². The van der Waals surface area contributed by atoms with Crippen LogP contribution in [0.1, 0.15) is 24.5 Å². The van der Waals surface area contributed by atoms with Crippen LogP contribution in [0.2, 0.25) is 0 Å². The quantitative estimate of drug-likeness (QED) is 0.830. The van der Waals surface area contributed by atoms with Gasteiger partial charge in [-0.05, 0) is 36.5 Å². The van der Waals surface area contributed by atoms with E-state index in [-0.39, 0.29) is 11.9 Å². The van der Waals surface area contributed by atoms with E-state index in [0.29, 0.717) is 0 Å². The van der Waals surface area contributed by atoms with Gasteiger partial charge in [-0.25, -0.2) is 9.97 Å². The molecule has 20 heavy (non-hydrogen) atoms. The molecule has 5 nitrogen and oxygen atoms in total. The minimum absolute atomic E-state index is 0.0915. The molecule has 0 fully saturated rings. The van der Waals surface area contributed by atoms with E-state index in [1.807, 2.05) is 12.1 Å². The van der Waals surface area contributed by atoms with Crippen molar-refractivity contribution in [3.8, 4) is 11.3 Å². The van der Waals surface area contributed by atoms with Crippen molar-refractivity contribution >= 4 is 17.5 Å². The van der Waals surface area contributed by atoms with Crippen molar-refractivity contribution in [3.05, 3.63) is 35.5 Å². The molecule has 1 aliphatic carbocycles. The fourth-order valence-electron chi connectivity index (χ4n) is 2.67. The van der Waals surface area contributed by atoms with Crippen LogP contribution in [-0.4, -0.2) is 15.9 Å². The van der Waals surface area contributed by atoms with Gasteiger partial charge >= 0.3 is 0 Å². The fourth-order valence-corrected chi connectivity index (χ4v) is 2.67. The lowest BCUT2D eigenvalue weighted by molar-refractivity contribution is -0.114. The molecule has 2 aromatic rings. The van der Waals surface area contributed by atoms with Crippen LogP contribution in [0.25, 0.3) is 11.3 Å². The number of amides is 1. The number of carbonyl (C=O) groups excluding carboxylic acids is 1. The van der Waals surface area contributed by atoms with Gasteiger partial charge in [0.15, 0.2) is 0 Å². The number of anilines is 2. The van der Waals surface area contributed by atoms with E-state index in [9.17, 15) is 4.79 Å². The Morgan fingerprint density at radius 3 is 2.90 bits per heavy atom. The van der Waals surface area contributed by atoms with E-state index in [0.717, 1.165) is 41.8 Å². The average Bonchev–Trinajstić information content (AvgIpc) is 2.57. The summed E-state index contributed by atoms with van der Waals surface area (Å²) >= 11 is 0. The molecular formula is C15H16N4O. The first-order valence-corrected chi connectivity index (χ1v) is 6.66. The summed E-state index contributed by atoms with van der Waals surface area (Å²) < 4.78 is 0. The predicted octanol–water partition coefficient (Wildman–Crippen LogP) is 2.17. The monoisotopic (exact) mass is 268 g/mol. The van der Waals surface area contributed by atoms with Crippen molar-refractivity contribution in [2.24, 2.45) is 0 Å². The number of hydrogen-bond acceptors (Lipinski definition) is 4. The number of fused-ring (bicyclic) bond motifs is 3. The van der Waals surface area contributed by atoms with E-state index in [1.165, 1.54) is 12.5 Å². The third kappa shape index (κ3) is 2.22. The minimum Gasteiger partial charge on any atom is -0.368 e. The summed E-state index contributed by atoms with van der Waals surface area (Å²) in [5.74, 6) is 0.167. The third-order valence-corrected chi connectivity index (χ3v) is 3.47. The molecule has 5 heteroatoms. The van der Waals surface area contributed by atoms with Gasteiger partial charge in [-0.2, -0.15) is 0 Å². The molecule has 0 bridgehead atoms. The SMILES string of the molecule is CC(=O)Nc1cccc2c1-c1nc(N)ncc1CCC2. The fraction of sp³-hybridized carbons (Fsp3) is 0.267. The Bertz CT molecular complexity index is 682. The second-order valence-corrected chi connectivity index (χ2v) is 4.98. The van der Waals surface area contributed by atoms with E-state index in [4.69, 9.17) is 5.73 Å². The highest BCUT2D eigenvalue weighted by Gasteiger charge is 2.20. The molecule has 1 heterocycles. The Morgan fingerprint density at radius 1 is 1.30 bits per heavy atom. The second kappa shape index (κ2) is 4.92. The van der Waals surface area contributed by atoms with Gasteiger partial charge in [0.2, 0.25) is 11.9 Å². The summed E-state index contributed by atoms with van der Waals surface area (Å²) in [6.45, 7) is 1.51. The van der Waals surface area contributed by atoms with E-state index < -0.39 is 0 Å². The zero-order chi connectivity index (χ0) is 14.1. The van der Waals surface area contributed by atoms with E-state index >= 15 is 0 Å². The number of nitrogens with zero attached hydrogens (tertiary/aromatic N) is 2. The maximum atomic E-state index is 11.4. The van der Waals surface area contributed by atoms with Crippen LogP contribution in [0.3, 0.4) is 0 Å². The van der Waals surface area contributed by atoms with Crippen LogP contribution in [0.5, 0.6) is 0 Å². The van der Waals surface area contributed by atoms with Crippen LogP contribution in [0.4, 0.5) is 11.6 Å². The number of nitrogen functional groups attached to an aromatic ring is 1. The first kappa shape index (κ1) is 12.6. The lowest BCUT2D eigenvalue weighted by Crippen LogP contribution is -2.09.